The van der Waals surface area contributed by atoms with Crippen molar-refractivity contribution in [2.45, 2.75) is 72.6 Å². The number of hydrogen-bond acceptors (Lipinski definition) is 2. The van der Waals surface area contributed by atoms with Crippen molar-refractivity contribution in [2.75, 3.05) is 6.16 Å². The van der Waals surface area contributed by atoms with Crippen LogP contribution in [0.1, 0.15) is 72.6 Å². The SMILES string of the molecule is CC(C)=CCC/C(C)=C/CC/C(C)=C/CCCC(CP(=O)(O)O)C(=O)O. The minimum atomic E-state index is -4.29. The summed E-state index contributed by atoms with van der Waals surface area (Å²) in [6.07, 6.45) is 11.8. The quantitative estimate of drug-likeness (QED) is 0.222. The molecule has 0 amide bonds. The average Bonchev–Trinajstić information content (AvgIpc) is 2.48. The minimum Gasteiger partial charge on any atom is -0.481 e. The number of carbonyl (C=O) groups is 1. The molecular formula is C20H35O5P. The van der Waals surface area contributed by atoms with Crippen molar-refractivity contribution in [3.8, 4) is 0 Å². The van der Waals surface area contributed by atoms with E-state index in [2.05, 4.69) is 45.9 Å². The predicted octanol–water partition coefficient (Wildman–Crippen LogP) is 5.45. The van der Waals surface area contributed by atoms with E-state index in [1.807, 2.05) is 0 Å². The first-order chi connectivity index (χ1) is 12.0. The number of carboxylic acids is 1. The molecule has 0 saturated carbocycles. The predicted molar refractivity (Wildman–Crippen MR) is 107 cm³/mol. The van der Waals surface area contributed by atoms with E-state index in [1.54, 1.807) is 0 Å². The summed E-state index contributed by atoms with van der Waals surface area (Å²) in [7, 11) is -4.29. The molecule has 0 aliphatic rings. The van der Waals surface area contributed by atoms with E-state index in [0.717, 1.165) is 32.1 Å². The van der Waals surface area contributed by atoms with E-state index in [-0.39, 0.29) is 6.42 Å². The first kappa shape index (κ1) is 24.8. The molecule has 0 saturated heterocycles. The van der Waals surface area contributed by atoms with E-state index < -0.39 is 25.6 Å². The van der Waals surface area contributed by atoms with Crippen LogP contribution in [-0.2, 0) is 9.36 Å². The van der Waals surface area contributed by atoms with Crippen molar-refractivity contribution in [2.24, 2.45) is 5.92 Å². The van der Waals surface area contributed by atoms with Gasteiger partial charge in [0.2, 0.25) is 0 Å². The zero-order valence-corrected chi connectivity index (χ0v) is 17.5. The Morgan fingerprint density at radius 1 is 0.923 bits per heavy atom. The lowest BCUT2D eigenvalue weighted by Crippen LogP contribution is -2.18. The molecule has 0 radical (unpaired) electrons. The first-order valence-corrected chi connectivity index (χ1v) is 11.0. The van der Waals surface area contributed by atoms with Gasteiger partial charge in [-0.1, -0.05) is 34.9 Å². The third kappa shape index (κ3) is 15.1. The molecule has 0 aromatic rings. The van der Waals surface area contributed by atoms with Gasteiger partial charge in [0.15, 0.2) is 0 Å². The molecule has 26 heavy (non-hydrogen) atoms. The van der Waals surface area contributed by atoms with Crippen LogP contribution in [0.4, 0.5) is 0 Å². The lowest BCUT2D eigenvalue weighted by atomic mass is 10.0. The smallest absolute Gasteiger partial charge is 0.326 e. The monoisotopic (exact) mass is 386 g/mol. The number of hydrogen-bond donors (Lipinski definition) is 3. The van der Waals surface area contributed by atoms with Gasteiger partial charge in [0.1, 0.15) is 0 Å². The molecule has 0 heterocycles. The second-order valence-corrected chi connectivity index (χ2v) is 8.97. The zero-order chi connectivity index (χ0) is 20.2. The summed E-state index contributed by atoms with van der Waals surface area (Å²) in [5.74, 6) is -2.11. The molecule has 0 aliphatic carbocycles. The summed E-state index contributed by atoms with van der Waals surface area (Å²) in [5, 5.41) is 9.04. The van der Waals surface area contributed by atoms with Crippen molar-refractivity contribution in [3.05, 3.63) is 34.9 Å². The van der Waals surface area contributed by atoms with Crippen LogP contribution in [0, 0.1) is 5.92 Å². The van der Waals surface area contributed by atoms with Crippen molar-refractivity contribution in [3.63, 3.8) is 0 Å². The number of carboxylic acid groups (broad SMARTS) is 1. The molecular weight excluding hydrogens is 351 g/mol. The second kappa shape index (κ2) is 13.1. The van der Waals surface area contributed by atoms with E-state index in [0.29, 0.717) is 6.42 Å². The largest absolute Gasteiger partial charge is 0.481 e. The molecule has 0 spiro atoms. The maximum Gasteiger partial charge on any atom is 0.326 e. The van der Waals surface area contributed by atoms with Gasteiger partial charge in [0.25, 0.3) is 0 Å². The molecule has 3 N–H and O–H groups in total. The first-order valence-electron chi connectivity index (χ1n) is 9.23. The van der Waals surface area contributed by atoms with Crippen LogP contribution in [0.15, 0.2) is 34.9 Å². The zero-order valence-electron chi connectivity index (χ0n) is 16.6. The van der Waals surface area contributed by atoms with Gasteiger partial charge in [0, 0.05) is 0 Å². The highest BCUT2D eigenvalue weighted by molar-refractivity contribution is 7.51. The van der Waals surface area contributed by atoms with Crippen LogP contribution < -0.4 is 0 Å². The van der Waals surface area contributed by atoms with Gasteiger partial charge >= 0.3 is 13.6 Å². The van der Waals surface area contributed by atoms with E-state index in [1.165, 1.54) is 16.7 Å². The molecule has 0 bridgehead atoms. The lowest BCUT2D eigenvalue weighted by Gasteiger charge is -2.12. The molecule has 1 atom stereocenters. The summed E-state index contributed by atoms with van der Waals surface area (Å²) in [6.45, 7) is 8.44. The molecule has 0 aromatic carbocycles. The van der Waals surface area contributed by atoms with Crippen LogP contribution in [0.3, 0.4) is 0 Å². The Hall–Kier alpha value is -1.16. The Bertz CT molecular complexity index is 565. The molecule has 5 nitrogen and oxygen atoms in total. The van der Waals surface area contributed by atoms with Gasteiger partial charge in [-0.15, -0.1) is 0 Å². The highest BCUT2D eigenvalue weighted by atomic mass is 31.2. The number of allylic oxidation sites excluding steroid dienone is 6. The molecule has 1 unspecified atom stereocenters. The Kier molecular flexibility index (Phi) is 12.5. The fourth-order valence-corrected chi connectivity index (χ4v) is 3.54. The standard InChI is InChI=1S/C20H35O5P/c1-16(2)9-7-11-18(4)13-8-12-17(3)10-5-6-14-19(20(21)22)15-26(23,24)25/h9-10,13,19H,5-8,11-12,14-15H2,1-4H3,(H,21,22)(H2,23,24,25)/b17-10+,18-13+. The van der Waals surface area contributed by atoms with Crippen LogP contribution in [0.25, 0.3) is 0 Å². The van der Waals surface area contributed by atoms with Crippen LogP contribution in [0.5, 0.6) is 0 Å². The average molecular weight is 386 g/mol. The third-order valence-corrected chi connectivity index (χ3v) is 5.10. The fraction of sp³-hybridized carbons (Fsp3) is 0.650. The van der Waals surface area contributed by atoms with Crippen molar-refractivity contribution >= 4 is 13.6 Å². The fourth-order valence-electron chi connectivity index (χ4n) is 2.63. The van der Waals surface area contributed by atoms with Crippen LogP contribution >= 0.6 is 7.60 Å². The summed E-state index contributed by atoms with van der Waals surface area (Å²) < 4.78 is 11.0. The lowest BCUT2D eigenvalue weighted by molar-refractivity contribution is -0.141. The minimum absolute atomic E-state index is 0.285. The van der Waals surface area contributed by atoms with Crippen LogP contribution in [-0.4, -0.2) is 27.0 Å². The van der Waals surface area contributed by atoms with Gasteiger partial charge in [0.05, 0.1) is 12.1 Å². The number of rotatable bonds is 13. The Balaban J connectivity index is 4.15. The maximum atomic E-state index is 11.1. The molecule has 0 aromatic heterocycles. The van der Waals surface area contributed by atoms with Gasteiger partial charge < -0.3 is 14.9 Å². The van der Waals surface area contributed by atoms with Crippen molar-refractivity contribution in [1.29, 1.82) is 0 Å². The summed E-state index contributed by atoms with van der Waals surface area (Å²) in [6, 6.07) is 0. The Morgan fingerprint density at radius 3 is 1.88 bits per heavy atom. The van der Waals surface area contributed by atoms with Gasteiger partial charge in [-0.2, -0.15) is 0 Å². The summed E-state index contributed by atoms with van der Waals surface area (Å²) >= 11 is 0. The van der Waals surface area contributed by atoms with Gasteiger partial charge in [-0.25, -0.2) is 0 Å². The van der Waals surface area contributed by atoms with E-state index in [9.17, 15) is 9.36 Å². The van der Waals surface area contributed by atoms with Crippen molar-refractivity contribution < 1.29 is 24.3 Å². The maximum absolute atomic E-state index is 11.1. The molecule has 6 heteroatoms. The third-order valence-electron chi connectivity index (χ3n) is 4.18. The second-order valence-electron chi connectivity index (χ2n) is 7.27. The van der Waals surface area contributed by atoms with Gasteiger partial charge in [-0.3, -0.25) is 9.36 Å². The molecule has 0 aliphatic heterocycles. The topological polar surface area (TPSA) is 94.8 Å². The highest BCUT2D eigenvalue weighted by Gasteiger charge is 2.26. The number of unbranched alkanes of at least 4 members (excludes halogenated alkanes) is 1. The van der Waals surface area contributed by atoms with E-state index >= 15 is 0 Å². The van der Waals surface area contributed by atoms with E-state index in [4.69, 9.17) is 14.9 Å². The molecule has 0 fully saturated rings. The Labute approximate surface area is 158 Å². The van der Waals surface area contributed by atoms with Crippen molar-refractivity contribution in [1.82, 2.24) is 0 Å². The number of aliphatic carboxylic acids is 1. The Morgan fingerprint density at radius 2 is 1.42 bits per heavy atom. The molecule has 150 valence electrons. The van der Waals surface area contributed by atoms with Crippen LogP contribution in [0.2, 0.25) is 0 Å². The van der Waals surface area contributed by atoms with Gasteiger partial charge in [-0.05, 0) is 72.6 Å². The molecule has 0 rings (SSSR count). The normalized spacial score (nSPS) is 14.2. The summed E-state index contributed by atoms with van der Waals surface area (Å²) in [5.41, 5.74) is 4.01. The summed E-state index contributed by atoms with van der Waals surface area (Å²) in [4.78, 5) is 28.9. The highest BCUT2D eigenvalue weighted by Crippen LogP contribution is 2.38.